The lowest BCUT2D eigenvalue weighted by Gasteiger charge is -2.41. The maximum Gasteiger partial charge on any atom is 0.303 e. The first-order chi connectivity index (χ1) is 20.0. The molecule has 1 amide bonds. The van der Waals surface area contributed by atoms with E-state index in [2.05, 4.69) is 0 Å². The van der Waals surface area contributed by atoms with Crippen LogP contribution in [-0.4, -0.2) is 100.0 Å². The first kappa shape index (κ1) is 36.1. The summed E-state index contributed by atoms with van der Waals surface area (Å²) in [5, 5.41) is 40.4. The Hall–Kier alpha value is -2.05. The van der Waals surface area contributed by atoms with Gasteiger partial charge in [0.05, 0.1) is 12.6 Å². The number of carbonyl (C=O) groups is 3. The Kier molecular flexibility index (Phi) is 16.0. The Morgan fingerprint density at radius 2 is 1.45 bits per heavy atom. The molecular weight excluding hydrogens is 546 g/mol. The first-order valence-corrected chi connectivity index (χ1v) is 15.7. The molecule has 0 unspecified atom stereocenters. The smallest absolute Gasteiger partial charge is 0.303 e. The second kappa shape index (κ2) is 18.6. The second-order valence-corrected chi connectivity index (χ2v) is 11.8. The van der Waals surface area contributed by atoms with Crippen molar-refractivity contribution in [3.63, 3.8) is 0 Å². The molecule has 42 heavy (non-hydrogen) atoms. The van der Waals surface area contributed by atoms with E-state index in [1.165, 1.54) is 43.9 Å². The molecule has 2 saturated heterocycles. The van der Waals surface area contributed by atoms with E-state index < -0.39 is 49.3 Å². The zero-order valence-electron chi connectivity index (χ0n) is 25.8. The number of aliphatic hydroxyl groups is 4. The van der Waals surface area contributed by atoms with Gasteiger partial charge in [-0.2, -0.15) is 0 Å². The van der Waals surface area contributed by atoms with Gasteiger partial charge < -0.3 is 39.5 Å². The molecule has 11 heteroatoms. The predicted octanol–water partition coefficient (Wildman–Crippen LogP) is 3.32. The molecular formula is C31H53NO10. The summed E-state index contributed by atoms with van der Waals surface area (Å²) in [6.45, 7) is 4.60. The van der Waals surface area contributed by atoms with Gasteiger partial charge in [-0.1, -0.05) is 77.6 Å². The van der Waals surface area contributed by atoms with Crippen molar-refractivity contribution >= 4 is 17.7 Å². The van der Waals surface area contributed by atoms with Crippen LogP contribution in [-0.2, 0) is 28.6 Å². The molecule has 2 heterocycles. The summed E-state index contributed by atoms with van der Waals surface area (Å²) < 4.78 is 16.1. The van der Waals surface area contributed by atoms with Crippen LogP contribution < -0.4 is 0 Å². The van der Waals surface area contributed by atoms with Gasteiger partial charge in [-0.25, -0.2) is 0 Å². The molecule has 2 aliphatic rings. The van der Waals surface area contributed by atoms with Crippen molar-refractivity contribution in [2.24, 2.45) is 5.92 Å². The second-order valence-electron chi connectivity index (χ2n) is 11.8. The fourth-order valence-electron chi connectivity index (χ4n) is 5.50. The number of ether oxygens (including phenoxy) is 3. The van der Waals surface area contributed by atoms with E-state index in [0.717, 1.165) is 51.4 Å². The minimum Gasteiger partial charge on any atom is -0.511 e. The molecule has 2 fully saturated rings. The Labute approximate surface area is 250 Å². The number of Topliss-reactive ketones (excluding diaryl/α,β-unsaturated/α-hetero) is 1. The van der Waals surface area contributed by atoms with Crippen molar-refractivity contribution in [2.75, 3.05) is 20.3 Å². The highest BCUT2D eigenvalue weighted by molar-refractivity contribution is 6.26. The number of likely N-dealkylation sites (N-methyl/N-ethyl adjacent to an activating group) is 1. The number of aliphatic hydroxyl groups excluding tert-OH is 4. The van der Waals surface area contributed by atoms with E-state index in [1.54, 1.807) is 14.0 Å². The van der Waals surface area contributed by atoms with Crippen LogP contribution in [0.1, 0.15) is 104 Å². The number of allylic oxidation sites excluding steroid dienone is 1. The van der Waals surface area contributed by atoms with Gasteiger partial charge in [-0.3, -0.25) is 14.4 Å². The van der Waals surface area contributed by atoms with E-state index in [0.29, 0.717) is 6.61 Å². The number of carbonyl (C=O) groups excluding carboxylic acids is 3. The van der Waals surface area contributed by atoms with E-state index in [-0.39, 0.29) is 28.9 Å². The van der Waals surface area contributed by atoms with Crippen LogP contribution in [0.5, 0.6) is 0 Å². The van der Waals surface area contributed by atoms with E-state index in [1.807, 2.05) is 6.92 Å². The highest BCUT2D eigenvalue weighted by Gasteiger charge is 2.47. The van der Waals surface area contributed by atoms with E-state index in [9.17, 15) is 34.8 Å². The number of likely N-dealkylation sites (tertiary alicyclic amines) is 1. The molecule has 0 spiro atoms. The first-order valence-electron chi connectivity index (χ1n) is 15.7. The minimum absolute atomic E-state index is 0.0335. The van der Waals surface area contributed by atoms with E-state index in [4.69, 9.17) is 14.2 Å². The van der Waals surface area contributed by atoms with Crippen LogP contribution >= 0.6 is 0 Å². The summed E-state index contributed by atoms with van der Waals surface area (Å²) in [5.41, 5.74) is -0.0335. The standard InChI is InChI=1S/C31H53NO10/c1-20(25(35)24-26(36)21(2)32(4)30(24)39)17-15-13-11-9-7-5-6-8-10-12-14-16-18-40-31-28(38)29(41-22(3)34)27(37)23(19-33)42-31/h20-21,23,27-29,31,33,35,37-38H,5-19H2,1-4H3/b25-24-/t20-,21-,23-,27-,28+,29+,31-/m1/s1. The summed E-state index contributed by atoms with van der Waals surface area (Å²) in [6, 6.07) is -0.511. The third-order valence-corrected chi connectivity index (χ3v) is 8.40. The molecule has 0 aromatic carbocycles. The number of rotatable bonds is 19. The highest BCUT2D eigenvalue weighted by Crippen LogP contribution is 2.27. The fraction of sp³-hybridized carbons (Fsp3) is 0.839. The lowest BCUT2D eigenvalue weighted by atomic mass is 9.95. The fourth-order valence-corrected chi connectivity index (χ4v) is 5.50. The molecule has 0 aromatic rings. The van der Waals surface area contributed by atoms with Crippen LogP contribution in [0.3, 0.4) is 0 Å². The van der Waals surface area contributed by atoms with Crippen LogP contribution in [0, 0.1) is 5.92 Å². The minimum atomic E-state index is -1.34. The van der Waals surface area contributed by atoms with Crippen molar-refractivity contribution < 1.29 is 49.0 Å². The van der Waals surface area contributed by atoms with Crippen molar-refractivity contribution in [3.05, 3.63) is 11.3 Å². The van der Waals surface area contributed by atoms with Gasteiger partial charge >= 0.3 is 5.97 Å². The topological polar surface area (TPSA) is 163 Å². The molecule has 4 N–H and O–H groups in total. The Bertz CT molecular complexity index is 871. The number of amides is 1. The van der Waals surface area contributed by atoms with Crippen LogP contribution in [0.2, 0.25) is 0 Å². The summed E-state index contributed by atoms with van der Waals surface area (Å²) in [4.78, 5) is 37.2. The number of ketones is 1. The van der Waals surface area contributed by atoms with Gasteiger partial charge in [0.15, 0.2) is 18.2 Å². The van der Waals surface area contributed by atoms with Gasteiger partial charge in [-0.15, -0.1) is 0 Å². The van der Waals surface area contributed by atoms with Crippen LogP contribution in [0.25, 0.3) is 0 Å². The average molecular weight is 600 g/mol. The zero-order chi connectivity index (χ0) is 31.2. The molecule has 0 aromatic heterocycles. The number of unbranched alkanes of at least 4 members (excludes halogenated alkanes) is 11. The van der Waals surface area contributed by atoms with Crippen molar-refractivity contribution in [1.29, 1.82) is 0 Å². The number of hydrogen-bond acceptors (Lipinski definition) is 10. The Morgan fingerprint density at radius 1 is 0.929 bits per heavy atom. The molecule has 11 nitrogen and oxygen atoms in total. The average Bonchev–Trinajstić information content (AvgIpc) is 3.15. The molecule has 0 saturated carbocycles. The number of hydrogen-bond donors (Lipinski definition) is 4. The van der Waals surface area contributed by atoms with Crippen molar-refractivity contribution in [3.8, 4) is 0 Å². The summed E-state index contributed by atoms with van der Waals surface area (Å²) in [6.07, 6.45) is 7.92. The third-order valence-electron chi connectivity index (χ3n) is 8.40. The van der Waals surface area contributed by atoms with Gasteiger partial charge in [0.2, 0.25) is 0 Å². The van der Waals surface area contributed by atoms with Crippen LogP contribution in [0.4, 0.5) is 0 Å². The molecule has 242 valence electrons. The van der Waals surface area contributed by atoms with Crippen molar-refractivity contribution in [1.82, 2.24) is 4.90 Å². The molecule has 2 rings (SSSR count). The molecule has 0 aliphatic carbocycles. The maximum absolute atomic E-state index is 12.3. The quantitative estimate of drug-likeness (QED) is 0.0569. The zero-order valence-corrected chi connectivity index (χ0v) is 25.8. The molecule has 2 aliphatic heterocycles. The summed E-state index contributed by atoms with van der Waals surface area (Å²) in [5.74, 6) is -1.57. The van der Waals surface area contributed by atoms with Gasteiger partial charge in [-0.05, 0) is 19.8 Å². The molecule has 0 radical (unpaired) electrons. The summed E-state index contributed by atoms with van der Waals surface area (Å²) >= 11 is 0. The Morgan fingerprint density at radius 3 is 1.93 bits per heavy atom. The van der Waals surface area contributed by atoms with E-state index >= 15 is 0 Å². The normalized spacial score (nSPS) is 28.3. The van der Waals surface area contributed by atoms with Crippen LogP contribution in [0.15, 0.2) is 11.3 Å². The third kappa shape index (κ3) is 10.6. The van der Waals surface area contributed by atoms with Crippen molar-refractivity contribution in [2.45, 2.75) is 141 Å². The summed E-state index contributed by atoms with van der Waals surface area (Å²) in [7, 11) is 1.59. The molecule has 0 bridgehead atoms. The van der Waals surface area contributed by atoms with Gasteiger partial charge in [0.25, 0.3) is 5.91 Å². The van der Waals surface area contributed by atoms with Gasteiger partial charge in [0.1, 0.15) is 29.6 Å². The maximum atomic E-state index is 12.3. The highest BCUT2D eigenvalue weighted by atomic mass is 16.7. The lowest BCUT2D eigenvalue weighted by molar-refractivity contribution is -0.303. The molecule has 7 atom stereocenters. The number of nitrogens with zero attached hydrogens (tertiary/aromatic N) is 1. The van der Waals surface area contributed by atoms with Gasteiger partial charge in [0, 0.05) is 26.5 Å². The Balaban J connectivity index is 1.45. The lowest BCUT2D eigenvalue weighted by Crippen LogP contribution is -2.60. The monoisotopic (exact) mass is 599 g/mol. The predicted molar refractivity (Wildman–Crippen MR) is 155 cm³/mol. The largest absolute Gasteiger partial charge is 0.511 e. The number of esters is 1. The SMILES string of the molecule is CC(=O)O[C@@H]1[C@H](O)[C@H](OCCCCCCCCCCCCCC[C@@H](C)/C(O)=C2\C(=O)[C@@H](C)N(C)C2=O)O[C@H](CO)[C@H]1O.